The highest BCUT2D eigenvalue weighted by atomic mass is 16.5. The Kier molecular flexibility index (Phi) is 10.2. The molecule has 1 N–H and O–H groups in total. The van der Waals surface area contributed by atoms with E-state index in [0.717, 1.165) is 38.0 Å². The maximum absolute atomic E-state index is 13.0. The van der Waals surface area contributed by atoms with Crippen LogP contribution in [0.15, 0.2) is 18.2 Å². The van der Waals surface area contributed by atoms with E-state index < -0.39 is 17.9 Å². The highest BCUT2D eigenvalue weighted by molar-refractivity contribution is 6.06. The van der Waals surface area contributed by atoms with Crippen LogP contribution in [0, 0.1) is 0 Å². The zero-order valence-electron chi connectivity index (χ0n) is 20.5. The molecule has 3 amide bonds. The highest BCUT2D eigenvalue weighted by Gasteiger charge is 2.33. The van der Waals surface area contributed by atoms with Crippen LogP contribution < -0.4 is 10.2 Å². The molecule has 0 aromatic heterocycles. The van der Waals surface area contributed by atoms with Crippen molar-refractivity contribution < 1.29 is 33.4 Å². The average molecular weight is 490 g/mol. The van der Waals surface area contributed by atoms with Gasteiger partial charge in [-0.2, -0.15) is 0 Å². The van der Waals surface area contributed by atoms with E-state index in [0.29, 0.717) is 32.7 Å². The Balaban J connectivity index is 1.51. The van der Waals surface area contributed by atoms with Crippen molar-refractivity contribution in [3.63, 3.8) is 0 Å². The molecule has 1 aromatic carbocycles. The molecule has 0 spiro atoms. The van der Waals surface area contributed by atoms with Crippen molar-refractivity contribution in [3.05, 3.63) is 29.3 Å². The summed E-state index contributed by atoms with van der Waals surface area (Å²) < 4.78 is 16.4. The molecule has 10 nitrogen and oxygen atoms in total. The summed E-state index contributed by atoms with van der Waals surface area (Å²) in [5.74, 6) is -1.26. The number of hydrogen-bond donors (Lipinski definition) is 1. The number of likely N-dealkylation sites (N-methyl/N-ethyl adjacent to an activating group) is 1. The number of hydrogen-bond acceptors (Lipinski definition) is 8. The van der Waals surface area contributed by atoms with E-state index >= 15 is 0 Å². The molecule has 0 saturated carbocycles. The van der Waals surface area contributed by atoms with Crippen LogP contribution in [0.1, 0.15) is 52.8 Å². The fourth-order valence-electron chi connectivity index (χ4n) is 4.38. The first-order valence-corrected chi connectivity index (χ1v) is 12.1. The zero-order valence-corrected chi connectivity index (χ0v) is 20.5. The lowest BCUT2D eigenvalue weighted by Gasteiger charge is -2.34. The Morgan fingerprint density at radius 3 is 2.60 bits per heavy atom. The summed E-state index contributed by atoms with van der Waals surface area (Å²) in [5.41, 5.74) is 1.38. The predicted octanol–water partition coefficient (Wildman–Crippen LogP) is 1.41. The second kappa shape index (κ2) is 13.3. The van der Waals surface area contributed by atoms with Crippen LogP contribution in [0.25, 0.3) is 0 Å². The maximum Gasteiger partial charge on any atom is 0.255 e. The Labute approximate surface area is 205 Å². The quantitative estimate of drug-likeness (QED) is 0.266. The summed E-state index contributed by atoms with van der Waals surface area (Å²) in [6.45, 7) is 4.04. The summed E-state index contributed by atoms with van der Waals surface area (Å²) in [6.07, 6.45) is 3.86. The van der Waals surface area contributed by atoms with Crippen molar-refractivity contribution in [1.29, 1.82) is 0 Å². The number of nitrogens with zero attached hydrogens (tertiary/aromatic N) is 2. The molecule has 2 saturated heterocycles. The molecule has 2 fully saturated rings. The van der Waals surface area contributed by atoms with Crippen molar-refractivity contribution in [2.24, 2.45) is 0 Å². The molecule has 0 radical (unpaired) electrons. The molecule has 2 aliphatic rings. The fourth-order valence-corrected chi connectivity index (χ4v) is 4.38. The molecular weight excluding hydrogens is 454 g/mol. The number of anilines is 1. The van der Waals surface area contributed by atoms with Crippen LogP contribution in [-0.2, 0) is 23.8 Å². The molecule has 10 heteroatoms. The third-order valence-corrected chi connectivity index (χ3v) is 6.42. The summed E-state index contributed by atoms with van der Waals surface area (Å²) >= 11 is 0. The van der Waals surface area contributed by atoms with Gasteiger partial charge >= 0.3 is 0 Å². The summed E-state index contributed by atoms with van der Waals surface area (Å²) in [4.78, 5) is 51.8. The Morgan fingerprint density at radius 1 is 1.14 bits per heavy atom. The van der Waals surface area contributed by atoms with Gasteiger partial charge in [-0.3, -0.25) is 24.5 Å². The second-order valence-electron chi connectivity index (χ2n) is 8.79. The number of benzene rings is 1. The van der Waals surface area contributed by atoms with Crippen LogP contribution in [0.3, 0.4) is 0 Å². The molecule has 35 heavy (non-hydrogen) atoms. The Morgan fingerprint density at radius 2 is 1.91 bits per heavy atom. The van der Waals surface area contributed by atoms with E-state index in [-0.39, 0.29) is 36.0 Å². The van der Waals surface area contributed by atoms with Gasteiger partial charge in [0.05, 0.1) is 24.9 Å². The van der Waals surface area contributed by atoms with Crippen LogP contribution >= 0.6 is 0 Å². The number of rotatable bonds is 12. The van der Waals surface area contributed by atoms with Crippen molar-refractivity contribution >= 4 is 29.7 Å². The van der Waals surface area contributed by atoms with Crippen molar-refractivity contribution in [2.45, 2.75) is 44.2 Å². The van der Waals surface area contributed by atoms with Crippen molar-refractivity contribution in [2.75, 3.05) is 58.6 Å². The molecule has 3 rings (SSSR count). The molecule has 1 unspecified atom stereocenters. The molecular formula is C25H35N3O7. The number of carbonyl (C=O) groups is 4. The number of nitrogens with one attached hydrogen (secondary N) is 1. The number of piperidine rings is 2. The van der Waals surface area contributed by atoms with Gasteiger partial charge in [-0.25, -0.2) is 0 Å². The van der Waals surface area contributed by atoms with E-state index in [2.05, 4.69) is 10.2 Å². The smallest absolute Gasteiger partial charge is 0.255 e. The van der Waals surface area contributed by atoms with Crippen LogP contribution in [0.4, 0.5) is 5.69 Å². The van der Waals surface area contributed by atoms with Crippen LogP contribution in [-0.4, -0.2) is 94.7 Å². The van der Waals surface area contributed by atoms with Crippen LogP contribution in [0.2, 0.25) is 0 Å². The molecule has 192 valence electrons. The van der Waals surface area contributed by atoms with E-state index in [1.807, 2.05) is 6.07 Å². The molecule has 1 aromatic rings. The first-order valence-electron chi connectivity index (χ1n) is 12.1. The fraction of sp³-hybridized carbons (Fsp3) is 0.600. The van der Waals surface area contributed by atoms with Gasteiger partial charge < -0.3 is 24.0 Å². The summed E-state index contributed by atoms with van der Waals surface area (Å²) in [7, 11) is 3.19. The topological polar surface area (TPSA) is 114 Å². The van der Waals surface area contributed by atoms with Gasteiger partial charge in [-0.15, -0.1) is 0 Å². The van der Waals surface area contributed by atoms with Gasteiger partial charge in [0.25, 0.3) is 5.91 Å². The number of amides is 3. The number of ether oxygens (including phenoxy) is 3. The second-order valence-corrected chi connectivity index (χ2v) is 8.79. The summed E-state index contributed by atoms with van der Waals surface area (Å²) in [5, 5.41) is 2.26. The average Bonchev–Trinajstić information content (AvgIpc) is 2.87. The van der Waals surface area contributed by atoms with E-state index in [1.165, 1.54) is 11.9 Å². The first kappa shape index (κ1) is 26.8. The lowest BCUT2D eigenvalue weighted by atomic mass is 10.0. The lowest BCUT2D eigenvalue weighted by Crippen LogP contribution is -2.53. The van der Waals surface area contributed by atoms with Gasteiger partial charge in [-0.1, -0.05) is 0 Å². The number of methoxy groups -OCH3 is 1. The van der Waals surface area contributed by atoms with E-state index in [4.69, 9.17) is 14.2 Å². The van der Waals surface area contributed by atoms with E-state index in [1.54, 1.807) is 19.2 Å². The summed E-state index contributed by atoms with van der Waals surface area (Å²) in [6, 6.07) is 4.43. The lowest BCUT2D eigenvalue weighted by molar-refractivity contribution is -0.136. The van der Waals surface area contributed by atoms with Crippen molar-refractivity contribution in [3.8, 4) is 0 Å². The first-order chi connectivity index (χ1) is 16.9. The molecule has 2 aliphatic heterocycles. The number of carbonyl (C=O) groups excluding carboxylic acids is 4. The minimum absolute atomic E-state index is 0.169. The minimum Gasteiger partial charge on any atom is -0.385 e. The van der Waals surface area contributed by atoms with Gasteiger partial charge in [-0.05, 0) is 43.9 Å². The normalized spacial score (nSPS) is 18.9. The molecule has 2 heterocycles. The van der Waals surface area contributed by atoms with Gasteiger partial charge in [0.15, 0.2) is 6.29 Å². The zero-order chi connectivity index (χ0) is 25.2. The predicted molar refractivity (Wildman–Crippen MR) is 129 cm³/mol. The van der Waals surface area contributed by atoms with Crippen molar-refractivity contribution in [1.82, 2.24) is 10.2 Å². The monoisotopic (exact) mass is 489 g/mol. The molecule has 0 bridgehead atoms. The Hall–Kier alpha value is -2.82. The van der Waals surface area contributed by atoms with E-state index in [9.17, 15) is 19.2 Å². The molecule has 1 atom stereocenters. The SMILES string of the molecule is COCCCOCCOC1CCN(c2ccc(C(=O)N(C)C3CCC(=O)NC3=O)c(C=O)c2)CC1. The standard InChI is InChI=1S/C25H35N3O7/c1-27(22-6-7-23(30)26-24(22)31)25(32)21-5-4-19(16-18(21)17-29)28-10-8-20(9-11-28)35-15-14-34-13-3-12-33-2/h4-5,16-17,20,22H,3,6-15H2,1-2H3,(H,26,30,31). The third-order valence-electron chi connectivity index (χ3n) is 6.42. The maximum atomic E-state index is 13.0. The third kappa shape index (κ3) is 7.33. The Bertz CT molecular complexity index is 899. The highest BCUT2D eigenvalue weighted by Crippen LogP contribution is 2.25. The van der Waals surface area contributed by atoms with Gasteiger partial charge in [0, 0.05) is 58.1 Å². The van der Waals surface area contributed by atoms with Gasteiger partial charge in [0.2, 0.25) is 11.8 Å². The number of imide groups is 1. The molecule has 0 aliphatic carbocycles. The van der Waals surface area contributed by atoms with Crippen LogP contribution in [0.5, 0.6) is 0 Å². The largest absolute Gasteiger partial charge is 0.385 e. The minimum atomic E-state index is -0.742. The number of aldehydes is 1. The van der Waals surface area contributed by atoms with Gasteiger partial charge in [0.1, 0.15) is 6.04 Å².